The van der Waals surface area contributed by atoms with E-state index in [4.69, 9.17) is 11.6 Å². The third kappa shape index (κ3) is 6.44. The van der Waals surface area contributed by atoms with Crippen LogP contribution < -0.4 is 10.0 Å². The Morgan fingerprint density at radius 2 is 1.84 bits per heavy atom. The van der Waals surface area contributed by atoms with Crippen LogP contribution in [0.15, 0.2) is 65.7 Å². The van der Waals surface area contributed by atoms with Gasteiger partial charge >= 0.3 is 12.1 Å². The molecule has 2 aromatic carbocycles. The highest BCUT2D eigenvalue weighted by molar-refractivity contribution is 7.92. The second-order valence-corrected chi connectivity index (χ2v) is 10.4. The first-order valence-electron chi connectivity index (χ1n) is 10.7. The van der Waals surface area contributed by atoms with Crippen LogP contribution in [0.1, 0.15) is 18.4 Å². The summed E-state index contributed by atoms with van der Waals surface area (Å²) in [6.45, 7) is 0. The Hall–Kier alpha value is -3.51. The van der Waals surface area contributed by atoms with E-state index in [9.17, 15) is 36.3 Å². The predicted octanol–water partition coefficient (Wildman–Crippen LogP) is 4.79. The van der Waals surface area contributed by atoms with Gasteiger partial charge in [-0.05, 0) is 29.3 Å². The number of sulfonamides is 1. The van der Waals surface area contributed by atoms with Gasteiger partial charge in [0.1, 0.15) is 5.75 Å². The van der Waals surface area contributed by atoms with Gasteiger partial charge in [0.15, 0.2) is 5.41 Å². The van der Waals surface area contributed by atoms with E-state index in [1.807, 2.05) is 4.72 Å². The molecule has 0 heterocycles. The Morgan fingerprint density at radius 3 is 2.43 bits per heavy atom. The van der Waals surface area contributed by atoms with Gasteiger partial charge in [-0.3, -0.25) is 14.3 Å². The molecule has 8 nitrogen and oxygen atoms in total. The van der Waals surface area contributed by atoms with Crippen molar-refractivity contribution in [3.8, 4) is 5.75 Å². The van der Waals surface area contributed by atoms with Gasteiger partial charge in [-0.2, -0.15) is 13.2 Å². The molecule has 3 N–H and O–H groups in total. The van der Waals surface area contributed by atoms with Crippen molar-refractivity contribution in [2.45, 2.75) is 19.0 Å². The summed E-state index contributed by atoms with van der Waals surface area (Å²) in [5, 5.41) is 12.0. The highest BCUT2D eigenvalue weighted by atomic mass is 35.5. The third-order valence-electron chi connectivity index (χ3n) is 5.58. The zero-order chi connectivity index (χ0) is 27.4. The molecule has 1 atom stereocenters. The average Bonchev–Trinajstić information content (AvgIpc) is 2.84. The lowest BCUT2D eigenvalue weighted by Crippen LogP contribution is -2.47. The van der Waals surface area contributed by atoms with E-state index in [0.717, 1.165) is 37.5 Å². The van der Waals surface area contributed by atoms with Crippen LogP contribution >= 0.6 is 11.6 Å². The molecule has 2 aromatic rings. The lowest BCUT2D eigenvalue weighted by Gasteiger charge is -2.34. The molecule has 0 bridgehead atoms. The molecule has 37 heavy (non-hydrogen) atoms. The molecule has 198 valence electrons. The van der Waals surface area contributed by atoms with Crippen LogP contribution in [-0.2, 0) is 24.3 Å². The number of alkyl halides is 3. The van der Waals surface area contributed by atoms with E-state index < -0.39 is 63.5 Å². The number of ether oxygens (including phenoxy) is 1. The minimum atomic E-state index is -5.02. The van der Waals surface area contributed by atoms with Crippen molar-refractivity contribution in [1.29, 1.82) is 0 Å². The number of aromatic hydroxyl groups is 1. The average molecular weight is 559 g/mol. The number of rotatable bonds is 8. The Kier molecular flexibility index (Phi) is 8.23. The van der Waals surface area contributed by atoms with Gasteiger partial charge in [0.05, 0.1) is 25.0 Å². The summed E-state index contributed by atoms with van der Waals surface area (Å²) in [7, 11) is -3.06. The van der Waals surface area contributed by atoms with Crippen molar-refractivity contribution >= 4 is 50.4 Å². The van der Waals surface area contributed by atoms with Crippen molar-refractivity contribution < 1.29 is 41.0 Å². The van der Waals surface area contributed by atoms with E-state index in [0.29, 0.717) is 11.1 Å². The molecule has 1 unspecified atom stereocenters. The van der Waals surface area contributed by atoms with Gasteiger partial charge in [0, 0.05) is 17.1 Å². The normalized spacial score (nSPS) is 17.9. The molecular formula is C24H22ClF3N2O6S. The monoisotopic (exact) mass is 558 g/mol. The fourth-order valence-corrected chi connectivity index (χ4v) is 4.96. The van der Waals surface area contributed by atoms with Crippen LogP contribution in [0.3, 0.4) is 0 Å². The molecule has 1 amide bonds. The zero-order valence-electron chi connectivity index (χ0n) is 19.3. The summed E-state index contributed by atoms with van der Waals surface area (Å²) < 4.78 is 73.6. The standard InChI is InChI=1S/C24H22ClF3N2O6S/c1-36-21(32)10-12-37(34,35)30-19-13-16(7-8-20(19)31)29-22(33)23(24(26,27)28)11-9-17(18(25)14-23)15-5-3-2-4-6-15/h2-9,11,13,30-31H,10,12,14H2,1H3,(H,29,33). The quantitative estimate of drug-likeness (QED) is 0.243. The third-order valence-corrected chi connectivity index (χ3v) is 7.19. The number of nitrogens with one attached hydrogen (secondary N) is 2. The van der Waals surface area contributed by atoms with E-state index in [1.54, 1.807) is 30.3 Å². The second-order valence-electron chi connectivity index (χ2n) is 8.10. The molecule has 0 spiro atoms. The topological polar surface area (TPSA) is 122 Å². The molecule has 13 heteroatoms. The summed E-state index contributed by atoms with van der Waals surface area (Å²) in [5.41, 5.74) is -2.70. The van der Waals surface area contributed by atoms with Crippen LogP contribution in [-0.4, -0.2) is 44.4 Å². The fourth-order valence-electron chi connectivity index (χ4n) is 3.54. The number of halogens is 4. The van der Waals surface area contributed by atoms with Gasteiger partial charge in [-0.1, -0.05) is 54.1 Å². The Labute approximate surface area is 215 Å². The first-order valence-corrected chi connectivity index (χ1v) is 12.7. The van der Waals surface area contributed by atoms with E-state index in [-0.39, 0.29) is 10.7 Å². The first-order chi connectivity index (χ1) is 17.3. The Bertz CT molecular complexity index is 1360. The number of allylic oxidation sites excluding steroid dienone is 3. The van der Waals surface area contributed by atoms with Crippen LogP contribution in [0.2, 0.25) is 0 Å². The van der Waals surface area contributed by atoms with Gasteiger partial charge in [0.2, 0.25) is 15.9 Å². The minimum Gasteiger partial charge on any atom is -0.506 e. The van der Waals surface area contributed by atoms with Gasteiger partial charge in [-0.15, -0.1) is 0 Å². The van der Waals surface area contributed by atoms with Crippen LogP contribution in [0.5, 0.6) is 5.75 Å². The summed E-state index contributed by atoms with van der Waals surface area (Å²) in [4.78, 5) is 24.2. The highest BCUT2D eigenvalue weighted by Gasteiger charge is 2.59. The van der Waals surface area contributed by atoms with E-state index >= 15 is 0 Å². The number of hydrogen-bond donors (Lipinski definition) is 3. The zero-order valence-corrected chi connectivity index (χ0v) is 20.9. The maximum Gasteiger partial charge on any atom is 0.406 e. The molecule has 0 saturated carbocycles. The molecule has 3 rings (SSSR count). The molecule has 0 saturated heterocycles. The van der Waals surface area contributed by atoms with Gasteiger partial charge in [-0.25, -0.2) is 8.42 Å². The molecule has 1 aliphatic carbocycles. The smallest absolute Gasteiger partial charge is 0.406 e. The summed E-state index contributed by atoms with van der Waals surface area (Å²) in [6, 6.07) is 11.5. The number of methoxy groups -OCH3 is 1. The molecule has 0 aromatic heterocycles. The van der Waals surface area contributed by atoms with Crippen LogP contribution in [0.25, 0.3) is 5.57 Å². The highest BCUT2D eigenvalue weighted by Crippen LogP contribution is 2.50. The number of esters is 1. The van der Waals surface area contributed by atoms with Crippen molar-refractivity contribution in [3.63, 3.8) is 0 Å². The van der Waals surface area contributed by atoms with E-state index in [2.05, 4.69) is 10.1 Å². The summed E-state index contributed by atoms with van der Waals surface area (Å²) in [5.74, 6) is -3.46. The number of benzene rings is 2. The van der Waals surface area contributed by atoms with Crippen molar-refractivity contribution in [2.75, 3.05) is 22.9 Å². The first kappa shape index (κ1) is 28.1. The Balaban J connectivity index is 1.85. The molecule has 1 aliphatic rings. The lowest BCUT2D eigenvalue weighted by atomic mass is 9.77. The Morgan fingerprint density at radius 1 is 1.16 bits per heavy atom. The summed E-state index contributed by atoms with van der Waals surface area (Å²) >= 11 is 6.24. The lowest BCUT2D eigenvalue weighted by molar-refractivity contribution is -0.203. The number of hydrogen-bond acceptors (Lipinski definition) is 6. The minimum absolute atomic E-state index is 0.161. The van der Waals surface area contributed by atoms with Gasteiger partial charge < -0.3 is 15.2 Å². The number of phenols is 1. The number of anilines is 2. The molecular weight excluding hydrogens is 537 g/mol. The SMILES string of the molecule is COC(=O)CCS(=O)(=O)Nc1cc(NC(=O)C2(C(F)(F)F)C=CC(c3ccccc3)=C(Cl)C2)ccc1O. The number of amides is 1. The predicted molar refractivity (Wildman–Crippen MR) is 132 cm³/mol. The van der Waals surface area contributed by atoms with E-state index in [1.165, 1.54) is 0 Å². The van der Waals surface area contributed by atoms with Crippen LogP contribution in [0.4, 0.5) is 24.5 Å². The number of carbonyl (C=O) groups excluding carboxylic acids is 2. The summed E-state index contributed by atoms with van der Waals surface area (Å²) in [6.07, 6.45) is -4.46. The molecule has 0 fully saturated rings. The fraction of sp³-hybridized carbons (Fsp3) is 0.250. The molecule has 0 radical (unpaired) electrons. The maximum atomic E-state index is 14.2. The van der Waals surface area contributed by atoms with Crippen molar-refractivity contribution in [2.24, 2.45) is 5.41 Å². The number of phenolic OH excluding ortho intramolecular Hbond substituents is 1. The maximum absolute atomic E-state index is 14.2. The number of carbonyl (C=O) groups is 2. The van der Waals surface area contributed by atoms with Gasteiger partial charge in [0.25, 0.3) is 0 Å². The molecule has 0 aliphatic heterocycles. The second kappa shape index (κ2) is 10.9. The van der Waals surface area contributed by atoms with Crippen LogP contribution in [0, 0.1) is 5.41 Å². The largest absolute Gasteiger partial charge is 0.506 e. The van der Waals surface area contributed by atoms with Crippen molar-refractivity contribution in [1.82, 2.24) is 0 Å². The van der Waals surface area contributed by atoms with Crippen molar-refractivity contribution in [3.05, 3.63) is 71.3 Å².